The van der Waals surface area contributed by atoms with Gasteiger partial charge in [-0.2, -0.15) is 0 Å². The fourth-order valence-electron chi connectivity index (χ4n) is 1.67. The molecule has 0 fully saturated rings. The lowest BCUT2D eigenvalue weighted by Gasteiger charge is -2.05. The SMILES string of the molecule is COc1cccc(CNCc2ccc([N+](=O)[O-])s2)c1. The Bertz CT molecular complexity index is 569. The molecule has 0 saturated carbocycles. The molecule has 2 rings (SSSR count). The van der Waals surface area contributed by atoms with Crippen molar-refractivity contribution >= 4 is 16.3 Å². The smallest absolute Gasteiger partial charge is 0.324 e. The highest BCUT2D eigenvalue weighted by Crippen LogP contribution is 2.23. The molecule has 100 valence electrons. The zero-order chi connectivity index (χ0) is 13.7. The maximum atomic E-state index is 10.6. The Morgan fingerprint density at radius 1 is 1.32 bits per heavy atom. The van der Waals surface area contributed by atoms with Crippen molar-refractivity contribution in [2.45, 2.75) is 13.1 Å². The minimum Gasteiger partial charge on any atom is -0.497 e. The number of thiophene rings is 1. The maximum Gasteiger partial charge on any atom is 0.324 e. The molecule has 0 aliphatic rings. The van der Waals surface area contributed by atoms with E-state index in [1.807, 2.05) is 24.3 Å². The molecule has 0 unspecified atom stereocenters. The highest BCUT2D eigenvalue weighted by atomic mass is 32.1. The van der Waals surface area contributed by atoms with Gasteiger partial charge in [-0.3, -0.25) is 10.1 Å². The number of rotatable bonds is 6. The highest BCUT2D eigenvalue weighted by Gasteiger charge is 2.08. The summed E-state index contributed by atoms with van der Waals surface area (Å²) in [7, 11) is 1.64. The van der Waals surface area contributed by atoms with Crippen molar-refractivity contribution in [3.05, 3.63) is 57.0 Å². The van der Waals surface area contributed by atoms with Gasteiger partial charge in [0, 0.05) is 24.0 Å². The average Bonchev–Trinajstić information content (AvgIpc) is 2.88. The molecule has 0 spiro atoms. The van der Waals surface area contributed by atoms with Crippen molar-refractivity contribution in [3.63, 3.8) is 0 Å². The van der Waals surface area contributed by atoms with E-state index in [0.29, 0.717) is 13.1 Å². The van der Waals surface area contributed by atoms with Crippen LogP contribution in [-0.4, -0.2) is 12.0 Å². The van der Waals surface area contributed by atoms with Crippen molar-refractivity contribution < 1.29 is 9.66 Å². The van der Waals surface area contributed by atoms with E-state index >= 15 is 0 Å². The van der Waals surface area contributed by atoms with Crippen molar-refractivity contribution in [2.75, 3.05) is 7.11 Å². The molecule has 1 aromatic heterocycles. The van der Waals surface area contributed by atoms with Crippen LogP contribution in [0.5, 0.6) is 5.75 Å². The summed E-state index contributed by atoms with van der Waals surface area (Å²) in [4.78, 5) is 11.2. The van der Waals surface area contributed by atoms with Crippen LogP contribution in [0.15, 0.2) is 36.4 Å². The van der Waals surface area contributed by atoms with Gasteiger partial charge in [0.05, 0.1) is 12.0 Å². The molecule has 0 saturated heterocycles. The first-order valence-electron chi connectivity index (χ1n) is 5.76. The molecular weight excluding hydrogens is 264 g/mol. The van der Waals surface area contributed by atoms with Crippen LogP contribution in [0.3, 0.4) is 0 Å². The normalized spacial score (nSPS) is 10.4. The second-order valence-electron chi connectivity index (χ2n) is 3.95. The average molecular weight is 278 g/mol. The number of nitrogens with one attached hydrogen (secondary N) is 1. The Labute approximate surface area is 115 Å². The number of methoxy groups -OCH3 is 1. The zero-order valence-corrected chi connectivity index (χ0v) is 11.3. The molecule has 1 aromatic carbocycles. The first-order valence-corrected chi connectivity index (χ1v) is 6.57. The Kier molecular flexibility index (Phi) is 4.48. The summed E-state index contributed by atoms with van der Waals surface area (Å²) in [6, 6.07) is 11.1. The minimum absolute atomic E-state index is 0.179. The third-order valence-electron chi connectivity index (χ3n) is 2.59. The quantitative estimate of drug-likeness (QED) is 0.651. The molecular formula is C13H14N2O3S. The van der Waals surface area contributed by atoms with Gasteiger partial charge >= 0.3 is 5.00 Å². The lowest BCUT2D eigenvalue weighted by Crippen LogP contribution is -2.11. The summed E-state index contributed by atoms with van der Waals surface area (Å²) in [6.07, 6.45) is 0. The van der Waals surface area contributed by atoms with Gasteiger partial charge in [-0.25, -0.2) is 0 Å². The standard InChI is InChI=1S/C13H14N2O3S/c1-18-11-4-2-3-10(7-11)8-14-9-12-5-6-13(19-12)15(16)17/h2-7,14H,8-9H2,1H3. The molecule has 0 atom stereocenters. The van der Waals surface area contributed by atoms with Crippen molar-refractivity contribution in [1.82, 2.24) is 5.32 Å². The first kappa shape index (κ1) is 13.5. The molecule has 1 N–H and O–H groups in total. The Morgan fingerprint density at radius 2 is 2.16 bits per heavy atom. The number of benzene rings is 1. The van der Waals surface area contributed by atoms with E-state index in [4.69, 9.17) is 4.74 Å². The van der Waals surface area contributed by atoms with Gasteiger partial charge in [0.15, 0.2) is 0 Å². The predicted octanol–water partition coefficient (Wildman–Crippen LogP) is 2.95. The molecule has 6 heteroatoms. The van der Waals surface area contributed by atoms with Crippen LogP contribution in [0.2, 0.25) is 0 Å². The van der Waals surface area contributed by atoms with E-state index in [1.54, 1.807) is 13.2 Å². The largest absolute Gasteiger partial charge is 0.497 e. The molecule has 0 aliphatic heterocycles. The molecule has 5 nitrogen and oxygen atoms in total. The van der Waals surface area contributed by atoms with Gasteiger partial charge in [-0.1, -0.05) is 23.5 Å². The topological polar surface area (TPSA) is 64.4 Å². The lowest BCUT2D eigenvalue weighted by molar-refractivity contribution is -0.380. The first-order chi connectivity index (χ1) is 9.19. The number of ether oxygens (including phenoxy) is 1. The zero-order valence-electron chi connectivity index (χ0n) is 10.5. The fraction of sp³-hybridized carbons (Fsp3) is 0.231. The van der Waals surface area contributed by atoms with Crippen LogP contribution in [0.4, 0.5) is 5.00 Å². The Balaban J connectivity index is 1.86. The van der Waals surface area contributed by atoms with Gasteiger partial charge < -0.3 is 10.1 Å². The third kappa shape index (κ3) is 3.77. The second kappa shape index (κ2) is 6.31. The monoisotopic (exact) mass is 278 g/mol. The molecule has 19 heavy (non-hydrogen) atoms. The van der Waals surface area contributed by atoms with E-state index in [1.165, 1.54) is 17.4 Å². The molecule has 0 radical (unpaired) electrons. The molecule has 2 aromatic rings. The second-order valence-corrected chi connectivity index (χ2v) is 5.10. The van der Waals surface area contributed by atoms with Gasteiger partial charge in [0.25, 0.3) is 0 Å². The van der Waals surface area contributed by atoms with E-state index < -0.39 is 0 Å². The van der Waals surface area contributed by atoms with E-state index in [0.717, 1.165) is 16.2 Å². The van der Waals surface area contributed by atoms with Crippen LogP contribution in [0.1, 0.15) is 10.4 Å². The van der Waals surface area contributed by atoms with E-state index in [-0.39, 0.29) is 9.92 Å². The van der Waals surface area contributed by atoms with Crippen LogP contribution < -0.4 is 10.1 Å². The summed E-state index contributed by atoms with van der Waals surface area (Å²) in [5, 5.41) is 14.0. The number of hydrogen-bond acceptors (Lipinski definition) is 5. The summed E-state index contributed by atoms with van der Waals surface area (Å²) in [5.74, 6) is 0.825. The van der Waals surface area contributed by atoms with Crippen molar-refractivity contribution in [3.8, 4) is 5.75 Å². The van der Waals surface area contributed by atoms with Crippen LogP contribution >= 0.6 is 11.3 Å². The summed E-state index contributed by atoms with van der Waals surface area (Å²) in [6.45, 7) is 1.32. The van der Waals surface area contributed by atoms with E-state index in [2.05, 4.69) is 5.32 Å². The number of hydrogen-bond donors (Lipinski definition) is 1. The summed E-state index contributed by atoms with van der Waals surface area (Å²) < 4.78 is 5.15. The van der Waals surface area contributed by atoms with Crippen molar-refractivity contribution in [2.24, 2.45) is 0 Å². The van der Waals surface area contributed by atoms with Crippen LogP contribution in [0, 0.1) is 10.1 Å². The van der Waals surface area contributed by atoms with Gasteiger partial charge in [-0.15, -0.1) is 0 Å². The minimum atomic E-state index is -0.365. The number of nitrogens with zero attached hydrogens (tertiary/aromatic N) is 1. The number of nitro groups is 1. The van der Waals surface area contributed by atoms with Gasteiger partial charge in [0.1, 0.15) is 5.75 Å². The molecule has 0 amide bonds. The molecule has 1 heterocycles. The van der Waals surface area contributed by atoms with Crippen LogP contribution in [0.25, 0.3) is 0 Å². The van der Waals surface area contributed by atoms with Gasteiger partial charge in [0.2, 0.25) is 0 Å². The van der Waals surface area contributed by atoms with Gasteiger partial charge in [-0.05, 0) is 23.8 Å². The highest BCUT2D eigenvalue weighted by molar-refractivity contribution is 7.15. The van der Waals surface area contributed by atoms with Crippen LogP contribution in [-0.2, 0) is 13.1 Å². The third-order valence-corrected chi connectivity index (χ3v) is 3.63. The fourth-order valence-corrected chi connectivity index (χ4v) is 2.46. The Hall–Kier alpha value is -1.92. The lowest BCUT2D eigenvalue weighted by atomic mass is 10.2. The summed E-state index contributed by atoms with van der Waals surface area (Å²) in [5.41, 5.74) is 1.12. The molecule has 0 bridgehead atoms. The Morgan fingerprint density at radius 3 is 2.84 bits per heavy atom. The molecule has 0 aliphatic carbocycles. The predicted molar refractivity (Wildman–Crippen MR) is 74.5 cm³/mol. The maximum absolute atomic E-state index is 10.6. The van der Waals surface area contributed by atoms with Crippen molar-refractivity contribution in [1.29, 1.82) is 0 Å². The van der Waals surface area contributed by atoms with E-state index in [9.17, 15) is 10.1 Å². The summed E-state index contributed by atoms with van der Waals surface area (Å²) >= 11 is 1.20.